The van der Waals surface area contributed by atoms with E-state index in [1.165, 1.54) is 0 Å². The van der Waals surface area contributed by atoms with Gasteiger partial charge in [0.05, 0.1) is 12.7 Å². The van der Waals surface area contributed by atoms with Gasteiger partial charge in [0.15, 0.2) is 5.78 Å². The Kier molecular flexibility index (Phi) is 5.24. The molecule has 3 atom stereocenters. The van der Waals surface area contributed by atoms with Crippen molar-refractivity contribution in [2.45, 2.75) is 24.7 Å². The Morgan fingerprint density at radius 2 is 1.64 bits per heavy atom. The van der Waals surface area contributed by atoms with Gasteiger partial charge < -0.3 is 30.3 Å². The van der Waals surface area contributed by atoms with Crippen molar-refractivity contribution in [3.63, 3.8) is 0 Å². The number of carbonyl (C=O) groups excluding carboxylic acids is 2. The van der Waals surface area contributed by atoms with Crippen LogP contribution in [-0.2, 0) is 9.59 Å². The minimum atomic E-state index is -1.98. The van der Waals surface area contributed by atoms with Gasteiger partial charge >= 0.3 is 0 Å². The Hall–Kier alpha value is -1.02. The molecule has 0 rings (SSSR count). The second-order valence-electron chi connectivity index (χ2n) is 2.72. The Balaban J connectivity index is 4.13. The lowest BCUT2D eigenvalue weighted by atomic mass is 10.0. The topological polar surface area (TPSA) is 138 Å². The van der Waals surface area contributed by atoms with Gasteiger partial charge in [-0.05, 0) is 0 Å². The highest BCUT2D eigenvalue weighted by Crippen LogP contribution is 2.04. The highest BCUT2D eigenvalue weighted by atomic mass is 16.4. The lowest BCUT2D eigenvalue weighted by Crippen LogP contribution is -2.43. The first-order chi connectivity index (χ1) is 6.40. The van der Waals surface area contributed by atoms with E-state index in [0.29, 0.717) is 0 Å². The maximum absolute atomic E-state index is 10.5. The van der Waals surface area contributed by atoms with E-state index >= 15 is 0 Å². The second-order valence-corrected chi connectivity index (χ2v) is 2.72. The molecule has 0 bridgehead atoms. The van der Waals surface area contributed by atoms with E-state index in [0.717, 1.165) is 0 Å². The third-order valence-corrected chi connectivity index (χ3v) is 1.60. The molecule has 0 heterocycles. The Morgan fingerprint density at radius 1 is 1.14 bits per heavy atom. The molecule has 14 heavy (non-hydrogen) atoms. The summed E-state index contributed by atoms with van der Waals surface area (Å²) in [5, 5.41) is 45.1. The minimum absolute atomic E-state index is 0.808. The van der Waals surface area contributed by atoms with E-state index in [9.17, 15) is 14.7 Å². The Morgan fingerprint density at radius 3 is 2.00 bits per heavy atom. The van der Waals surface area contributed by atoms with Crippen LogP contribution in [0.1, 0.15) is 6.42 Å². The van der Waals surface area contributed by atoms with Gasteiger partial charge in [0.25, 0.3) is 0 Å². The fourth-order valence-corrected chi connectivity index (χ4v) is 0.758. The average molecular weight is 207 g/mol. The van der Waals surface area contributed by atoms with Crippen molar-refractivity contribution in [2.24, 2.45) is 0 Å². The zero-order valence-electron chi connectivity index (χ0n) is 7.16. The van der Waals surface area contributed by atoms with Crippen LogP contribution in [0.2, 0.25) is 0 Å². The fraction of sp³-hybridized carbons (Fsp3) is 0.714. The number of carboxylic acid groups (broad SMARTS) is 1. The highest BCUT2D eigenvalue weighted by Gasteiger charge is 2.26. The molecule has 0 amide bonds. The zero-order valence-corrected chi connectivity index (χ0v) is 7.16. The maximum atomic E-state index is 10.5. The lowest BCUT2D eigenvalue weighted by Gasteiger charge is -2.20. The molecule has 0 radical (unpaired) electrons. The first kappa shape index (κ1) is 13.0. The van der Waals surface area contributed by atoms with Crippen molar-refractivity contribution < 1.29 is 35.1 Å². The summed E-state index contributed by atoms with van der Waals surface area (Å²) in [6.07, 6.45) is -6.02. The van der Waals surface area contributed by atoms with E-state index in [1.807, 2.05) is 0 Å². The summed E-state index contributed by atoms with van der Waals surface area (Å²) in [6, 6.07) is 0. The molecule has 0 aromatic heterocycles. The Labute approximate surface area is 79.2 Å². The Bertz CT molecular complexity index is 214. The van der Waals surface area contributed by atoms with Gasteiger partial charge in [-0.2, -0.15) is 0 Å². The summed E-state index contributed by atoms with van der Waals surface area (Å²) >= 11 is 0. The number of rotatable bonds is 6. The lowest BCUT2D eigenvalue weighted by molar-refractivity contribution is -0.300. The van der Waals surface area contributed by atoms with Crippen LogP contribution in [-0.4, -0.2) is 57.1 Å². The highest BCUT2D eigenvalue weighted by molar-refractivity contribution is 6.31. The number of aliphatic carboxylic acids is 1. The molecule has 0 saturated heterocycles. The van der Waals surface area contributed by atoms with Crippen molar-refractivity contribution in [1.29, 1.82) is 0 Å². The van der Waals surface area contributed by atoms with Crippen LogP contribution in [0.25, 0.3) is 0 Å². The van der Waals surface area contributed by atoms with Crippen LogP contribution in [0.4, 0.5) is 0 Å². The van der Waals surface area contributed by atoms with E-state index in [-0.39, 0.29) is 0 Å². The van der Waals surface area contributed by atoms with Gasteiger partial charge in [0.1, 0.15) is 18.2 Å². The van der Waals surface area contributed by atoms with Gasteiger partial charge in [0, 0.05) is 6.42 Å². The van der Waals surface area contributed by atoms with Crippen LogP contribution in [0.15, 0.2) is 0 Å². The van der Waals surface area contributed by atoms with Crippen LogP contribution in [0.5, 0.6) is 0 Å². The summed E-state index contributed by atoms with van der Waals surface area (Å²) in [6.45, 7) is -0.808. The normalized spacial score (nSPS) is 17.1. The number of aliphatic hydroxyl groups is 4. The van der Waals surface area contributed by atoms with Gasteiger partial charge in [-0.15, -0.1) is 0 Å². The average Bonchev–Trinajstić information content (AvgIpc) is 2.14. The van der Waals surface area contributed by atoms with Crippen molar-refractivity contribution in [1.82, 2.24) is 0 Å². The molecule has 82 valence electrons. The van der Waals surface area contributed by atoms with E-state index in [1.54, 1.807) is 0 Å². The van der Waals surface area contributed by atoms with E-state index in [2.05, 4.69) is 0 Å². The maximum Gasteiger partial charge on any atom is 0.180 e. The smallest absolute Gasteiger partial charge is 0.180 e. The molecule has 0 aromatic carbocycles. The molecule has 0 saturated carbocycles. The summed E-state index contributed by atoms with van der Waals surface area (Å²) in [5.74, 6) is -3.36. The van der Waals surface area contributed by atoms with Crippen molar-refractivity contribution in [3.05, 3.63) is 0 Å². The third-order valence-electron chi connectivity index (χ3n) is 1.60. The van der Waals surface area contributed by atoms with Gasteiger partial charge in [0.2, 0.25) is 0 Å². The SMILES string of the molecule is O=C([O-])C(=O)C[C@@H](O)[C@@H](O)[C@H](O)CO. The monoisotopic (exact) mass is 207 g/mol. The molecule has 0 aromatic rings. The van der Waals surface area contributed by atoms with Crippen molar-refractivity contribution >= 4 is 11.8 Å². The molecule has 7 heteroatoms. The van der Waals surface area contributed by atoms with Crippen LogP contribution < -0.4 is 5.11 Å². The quantitative estimate of drug-likeness (QED) is 0.324. The largest absolute Gasteiger partial charge is 0.542 e. The number of ketones is 1. The molecule has 7 nitrogen and oxygen atoms in total. The molecular weight excluding hydrogens is 196 g/mol. The molecular formula is C7H11O7-. The van der Waals surface area contributed by atoms with Crippen LogP contribution in [0.3, 0.4) is 0 Å². The first-order valence-corrected chi connectivity index (χ1v) is 3.79. The molecule has 0 aliphatic carbocycles. The van der Waals surface area contributed by atoms with Gasteiger partial charge in [-0.25, -0.2) is 0 Å². The second kappa shape index (κ2) is 5.66. The number of carboxylic acids is 1. The van der Waals surface area contributed by atoms with E-state index < -0.39 is 43.1 Å². The predicted octanol–water partition coefficient (Wildman–Crippen LogP) is -4.23. The molecule has 0 spiro atoms. The summed E-state index contributed by atoms with van der Waals surface area (Å²) in [5.41, 5.74) is 0. The fourth-order valence-electron chi connectivity index (χ4n) is 0.758. The molecule has 0 aliphatic rings. The molecule has 0 unspecified atom stereocenters. The molecule has 0 aliphatic heterocycles. The summed E-state index contributed by atoms with van der Waals surface area (Å²) < 4.78 is 0. The van der Waals surface area contributed by atoms with Crippen LogP contribution in [0, 0.1) is 0 Å². The van der Waals surface area contributed by atoms with E-state index in [4.69, 9.17) is 20.4 Å². The summed E-state index contributed by atoms with van der Waals surface area (Å²) in [7, 11) is 0. The summed E-state index contributed by atoms with van der Waals surface area (Å²) in [4.78, 5) is 20.4. The van der Waals surface area contributed by atoms with Gasteiger partial charge in [-0.3, -0.25) is 4.79 Å². The zero-order chi connectivity index (χ0) is 11.3. The van der Waals surface area contributed by atoms with Crippen molar-refractivity contribution in [2.75, 3.05) is 6.61 Å². The number of carbonyl (C=O) groups is 2. The number of aliphatic hydroxyl groups excluding tert-OH is 4. The standard InChI is InChI=1S/C7H12O7/c8-2-5(11)6(12)3(9)1-4(10)7(13)14/h3,5-6,8-9,11-12H,1-2H2,(H,13,14)/p-1/t3-,5-,6-/m1/s1. The molecule has 0 fully saturated rings. The van der Waals surface area contributed by atoms with Crippen molar-refractivity contribution in [3.8, 4) is 0 Å². The van der Waals surface area contributed by atoms with Gasteiger partial charge in [-0.1, -0.05) is 0 Å². The van der Waals surface area contributed by atoms with Crippen LogP contribution >= 0.6 is 0 Å². The number of hydrogen-bond acceptors (Lipinski definition) is 7. The molecule has 4 N–H and O–H groups in total. The first-order valence-electron chi connectivity index (χ1n) is 3.79. The third kappa shape index (κ3) is 3.79. The predicted molar refractivity (Wildman–Crippen MR) is 39.7 cm³/mol. The number of hydrogen-bond donors (Lipinski definition) is 4. The minimum Gasteiger partial charge on any atom is -0.542 e. The number of Topliss-reactive ketones (excluding diaryl/α,β-unsaturated/α-hetero) is 1.